The molecule has 0 unspecified atom stereocenters. The van der Waals surface area contributed by atoms with E-state index in [4.69, 9.17) is 9.47 Å². The summed E-state index contributed by atoms with van der Waals surface area (Å²) in [6.07, 6.45) is 4.59. The fourth-order valence-corrected chi connectivity index (χ4v) is 4.30. The van der Waals surface area contributed by atoms with Crippen molar-refractivity contribution in [3.63, 3.8) is 0 Å². The SMILES string of the molecule is CNC(=O)c1ccc(CN2CC[C@]3(OC)CC[C@@H](OC)C[C@H]23)cc1. The minimum atomic E-state index is -0.0451. The predicted molar refractivity (Wildman–Crippen MR) is 93.0 cm³/mol. The highest BCUT2D eigenvalue weighted by atomic mass is 16.5. The molecule has 2 fully saturated rings. The van der Waals surface area contributed by atoms with Gasteiger partial charge in [0.25, 0.3) is 5.91 Å². The van der Waals surface area contributed by atoms with Crippen LogP contribution in [-0.2, 0) is 16.0 Å². The lowest BCUT2D eigenvalue weighted by molar-refractivity contribution is -0.0947. The number of carbonyl (C=O) groups is 1. The minimum absolute atomic E-state index is 0.0168. The van der Waals surface area contributed by atoms with E-state index in [0.717, 1.165) is 38.8 Å². The van der Waals surface area contributed by atoms with Gasteiger partial charge in [0.15, 0.2) is 0 Å². The number of hydrogen-bond donors (Lipinski definition) is 1. The summed E-state index contributed by atoms with van der Waals surface area (Å²) in [6.45, 7) is 1.94. The normalized spacial score (nSPS) is 30.1. The monoisotopic (exact) mass is 332 g/mol. The van der Waals surface area contributed by atoms with Gasteiger partial charge in [0.05, 0.1) is 11.7 Å². The lowest BCUT2D eigenvalue weighted by atomic mass is 9.79. The maximum Gasteiger partial charge on any atom is 0.251 e. The summed E-state index contributed by atoms with van der Waals surface area (Å²) < 4.78 is 11.6. The zero-order chi connectivity index (χ0) is 17.2. The van der Waals surface area contributed by atoms with Crippen LogP contribution in [0.15, 0.2) is 24.3 Å². The number of nitrogens with zero attached hydrogens (tertiary/aromatic N) is 1. The number of carbonyl (C=O) groups excluding carboxylic acids is 1. The number of amides is 1. The van der Waals surface area contributed by atoms with Gasteiger partial charge < -0.3 is 14.8 Å². The van der Waals surface area contributed by atoms with Gasteiger partial charge >= 0.3 is 0 Å². The smallest absolute Gasteiger partial charge is 0.251 e. The summed E-state index contributed by atoms with van der Waals surface area (Å²) in [5, 5.41) is 2.66. The Hall–Kier alpha value is -1.43. The van der Waals surface area contributed by atoms with E-state index in [1.165, 1.54) is 5.56 Å². The molecule has 3 atom stereocenters. The van der Waals surface area contributed by atoms with E-state index in [-0.39, 0.29) is 11.5 Å². The van der Waals surface area contributed by atoms with Crippen molar-refractivity contribution >= 4 is 5.91 Å². The van der Waals surface area contributed by atoms with Crippen LogP contribution in [0.3, 0.4) is 0 Å². The molecule has 5 heteroatoms. The number of hydrogen-bond acceptors (Lipinski definition) is 4. The highest BCUT2D eigenvalue weighted by molar-refractivity contribution is 5.93. The van der Waals surface area contributed by atoms with E-state index in [0.29, 0.717) is 17.7 Å². The molecule has 1 amide bonds. The van der Waals surface area contributed by atoms with Crippen molar-refractivity contribution in [2.45, 2.75) is 50.0 Å². The molecule has 1 N–H and O–H groups in total. The molecule has 132 valence electrons. The zero-order valence-electron chi connectivity index (χ0n) is 14.9. The zero-order valence-corrected chi connectivity index (χ0v) is 14.9. The maximum absolute atomic E-state index is 11.7. The molecule has 5 nitrogen and oxygen atoms in total. The first-order valence-electron chi connectivity index (χ1n) is 8.75. The second-order valence-electron chi connectivity index (χ2n) is 6.91. The van der Waals surface area contributed by atoms with E-state index in [9.17, 15) is 4.79 Å². The Bertz CT molecular complexity index is 574. The molecule has 1 heterocycles. The second-order valence-corrected chi connectivity index (χ2v) is 6.91. The van der Waals surface area contributed by atoms with Crippen molar-refractivity contribution < 1.29 is 14.3 Å². The maximum atomic E-state index is 11.7. The molecule has 2 aliphatic rings. The number of fused-ring (bicyclic) bond motifs is 1. The van der Waals surface area contributed by atoms with Gasteiger partial charge in [-0.1, -0.05) is 12.1 Å². The molecule has 3 rings (SSSR count). The average molecular weight is 332 g/mol. The molecule has 1 aliphatic carbocycles. The number of ether oxygens (including phenoxy) is 2. The molecule has 1 aromatic carbocycles. The molecule has 1 aromatic rings. The third-order valence-electron chi connectivity index (χ3n) is 5.81. The summed E-state index contributed by atoms with van der Waals surface area (Å²) in [5.74, 6) is -0.0451. The molecular formula is C19H28N2O3. The van der Waals surface area contributed by atoms with Crippen molar-refractivity contribution in [3.05, 3.63) is 35.4 Å². The minimum Gasteiger partial charge on any atom is -0.381 e. The van der Waals surface area contributed by atoms with Crippen molar-refractivity contribution in [1.29, 1.82) is 0 Å². The Kier molecular flexibility index (Phi) is 5.23. The molecule has 1 saturated carbocycles. The van der Waals surface area contributed by atoms with Crippen LogP contribution in [0.4, 0.5) is 0 Å². The molecule has 1 saturated heterocycles. The van der Waals surface area contributed by atoms with Gasteiger partial charge in [0.2, 0.25) is 0 Å². The van der Waals surface area contributed by atoms with Crippen LogP contribution < -0.4 is 5.32 Å². The quantitative estimate of drug-likeness (QED) is 0.898. The summed E-state index contributed by atoms with van der Waals surface area (Å²) in [7, 11) is 5.31. The Morgan fingerprint density at radius 2 is 2.04 bits per heavy atom. The summed E-state index contributed by atoms with van der Waals surface area (Å²) in [5.41, 5.74) is 1.91. The lowest BCUT2D eigenvalue weighted by Gasteiger charge is -2.43. The molecule has 24 heavy (non-hydrogen) atoms. The van der Waals surface area contributed by atoms with E-state index in [1.54, 1.807) is 14.2 Å². The summed E-state index contributed by atoms with van der Waals surface area (Å²) >= 11 is 0. The first kappa shape index (κ1) is 17.4. The van der Waals surface area contributed by atoms with Crippen LogP contribution in [0, 0.1) is 0 Å². The summed E-state index contributed by atoms with van der Waals surface area (Å²) in [6, 6.07) is 8.29. The van der Waals surface area contributed by atoms with E-state index < -0.39 is 0 Å². The van der Waals surface area contributed by atoms with Gasteiger partial charge in [0.1, 0.15) is 0 Å². The first-order chi connectivity index (χ1) is 11.6. The predicted octanol–water partition coefficient (Wildman–Crippen LogP) is 2.20. The van der Waals surface area contributed by atoms with Crippen LogP contribution in [0.1, 0.15) is 41.6 Å². The number of benzene rings is 1. The van der Waals surface area contributed by atoms with Gasteiger partial charge in [0, 0.05) is 46.0 Å². The third-order valence-corrected chi connectivity index (χ3v) is 5.81. The average Bonchev–Trinajstić information content (AvgIpc) is 3.00. The second kappa shape index (κ2) is 7.21. The highest BCUT2D eigenvalue weighted by Gasteiger charge is 2.50. The number of rotatable bonds is 5. The first-order valence-corrected chi connectivity index (χ1v) is 8.75. The Balaban J connectivity index is 1.71. The van der Waals surface area contributed by atoms with Gasteiger partial charge in [-0.05, 0) is 43.4 Å². The van der Waals surface area contributed by atoms with Gasteiger partial charge in [-0.3, -0.25) is 9.69 Å². The Morgan fingerprint density at radius 3 is 2.67 bits per heavy atom. The van der Waals surface area contributed by atoms with E-state index >= 15 is 0 Å². The number of likely N-dealkylation sites (tertiary alicyclic amines) is 1. The Labute approximate surface area is 144 Å². The van der Waals surface area contributed by atoms with Crippen molar-refractivity contribution in [3.8, 4) is 0 Å². The van der Waals surface area contributed by atoms with Crippen LogP contribution in [0.5, 0.6) is 0 Å². The fraction of sp³-hybridized carbons (Fsp3) is 0.632. The topological polar surface area (TPSA) is 50.8 Å². The van der Waals surface area contributed by atoms with Crippen molar-refractivity contribution in [2.24, 2.45) is 0 Å². The van der Waals surface area contributed by atoms with Gasteiger partial charge in [-0.25, -0.2) is 0 Å². The molecule has 0 spiro atoms. The third kappa shape index (κ3) is 3.21. The van der Waals surface area contributed by atoms with Crippen LogP contribution in [0.25, 0.3) is 0 Å². The van der Waals surface area contributed by atoms with Crippen LogP contribution >= 0.6 is 0 Å². The molecule has 0 radical (unpaired) electrons. The van der Waals surface area contributed by atoms with Crippen molar-refractivity contribution in [2.75, 3.05) is 27.8 Å². The number of methoxy groups -OCH3 is 2. The Morgan fingerprint density at radius 1 is 1.29 bits per heavy atom. The standard InChI is InChI=1S/C19H28N2O3/c1-20-18(22)15-6-4-14(5-7-15)13-21-11-10-19(24-3)9-8-16(23-2)12-17(19)21/h4-7,16-17H,8-13H2,1-3H3,(H,20,22)/t16-,17+,19-/m1/s1. The van der Waals surface area contributed by atoms with Crippen molar-refractivity contribution in [1.82, 2.24) is 10.2 Å². The highest BCUT2D eigenvalue weighted by Crippen LogP contribution is 2.43. The molecule has 0 bridgehead atoms. The van der Waals surface area contributed by atoms with E-state index in [2.05, 4.69) is 10.2 Å². The summed E-state index contributed by atoms with van der Waals surface area (Å²) in [4.78, 5) is 14.2. The molecule has 0 aromatic heterocycles. The number of nitrogens with one attached hydrogen (secondary N) is 1. The fourth-order valence-electron chi connectivity index (χ4n) is 4.30. The van der Waals surface area contributed by atoms with Crippen LogP contribution in [0.2, 0.25) is 0 Å². The van der Waals surface area contributed by atoms with Crippen LogP contribution in [-0.4, -0.2) is 56.4 Å². The van der Waals surface area contributed by atoms with Gasteiger partial charge in [-0.2, -0.15) is 0 Å². The lowest BCUT2D eigenvalue weighted by Crippen LogP contribution is -2.51. The van der Waals surface area contributed by atoms with Gasteiger partial charge in [-0.15, -0.1) is 0 Å². The molecule has 1 aliphatic heterocycles. The largest absolute Gasteiger partial charge is 0.381 e. The van der Waals surface area contributed by atoms with E-state index in [1.807, 2.05) is 31.4 Å². The molecular weight excluding hydrogens is 304 g/mol.